The number of ether oxygens (including phenoxy) is 1. The number of sulfonamides is 1. The molecule has 0 amide bonds. The SMILES string of the molecule is CC(c1cccc(Cl)c1)N1c2cc(S(=O)(=O)N3CCOCC3)ccc2N2CCCC21. The average molecular weight is 448 g/mol. The molecule has 0 N–H and O–H groups in total. The fraction of sp³-hybridized carbons (Fsp3) is 0.455. The summed E-state index contributed by atoms with van der Waals surface area (Å²) in [4.78, 5) is 5.13. The van der Waals surface area contributed by atoms with Crippen LogP contribution in [0, 0.1) is 0 Å². The van der Waals surface area contributed by atoms with Gasteiger partial charge >= 0.3 is 0 Å². The normalized spacial score (nSPS) is 22.8. The number of halogens is 1. The van der Waals surface area contributed by atoms with Gasteiger partial charge in [-0.15, -0.1) is 0 Å². The summed E-state index contributed by atoms with van der Waals surface area (Å²) in [5.74, 6) is 0. The lowest BCUT2D eigenvalue weighted by Gasteiger charge is -2.33. The molecule has 8 heteroatoms. The molecule has 0 radical (unpaired) electrons. The van der Waals surface area contributed by atoms with Gasteiger partial charge in [-0.05, 0) is 55.7 Å². The molecule has 6 nitrogen and oxygen atoms in total. The number of hydrogen-bond acceptors (Lipinski definition) is 5. The van der Waals surface area contributed by atoms with Crippen molar-refractivity contribution in [1.82, 2.24) is 4.31 Å². The van der Waals surface area contributed by atoms with Crippen molar-refractivity contribution in [3.8, 4) is 0 Å². The van der Waals surface area contributed by atoms with Crippen molar-refractivity contribution in [3.63, 3.8) is 0 Å². The monoisotopic (exact) mass is 447 g/mol. The van der Waals surface area contributed by atoms with Crippen LogP contribution in [0.3, 0.4) is 0 Å². The molecule has 160 valence electrons. The zero-order valence-electron chi connectivity index (χ0n) is 17.0. The maximum absolute atomic E-state index is 13.2. The fourth-order valence-electron chi connectivity index (χ4n) is 4.92. The number of hydrogen-bond donors (Lipinski definition) is 0. The zero-order valence-corrected chi connectivity index (χ0v) is 18.6. The standard InChI is InChI=1S/C22H26ClN3O3S/c1-16(17-4-2-5-18(23)14-17)26-21-15-19(30(27,28)24-10-12-29-13-11-24)7-8-20(21)25-9-3-6-22(25)26/h2,4-5,7-8,14-16,22H,3,6,9-13H2,1H3. The maximum atomic E-state index is 13.2. The Morgan fingerprint density at radius 1 is 1.07 bits per heavy atom. The Labute approximate surface area is 183 Å². The van der Waals surface area contributed by atoms with E-state index in [9.17, 15) is 8.42 Å². The second kappa shape index (κ2) is 7.71. The number of fused-ring (bicyclic) bond motifs is 3. The quantitative estimate of drug-likeness (QED) is 0.712. The van der Waals surface area contributed by atoms with Gasteiger partial charge in [0.2, 0.25) is 10.0 Å². The molecule has 2 unspecified atom stereocenters. The Morgan fingerprint density at radius 3 is 2.63 bits per heavy atom. The van der Waals surface area contributed by atoms with Gasteiger partial charge in [0.1, 0.15) is 6.17 Å². The van der Waals surface area contributed by atoms with E-state index >= 15 is 0 Å². The number of morpholine rings is 1. The topological polar surface area (TPSA) is 53.1 Å². The van der Waals surface area contributed by atoms with Crippen molar-refractivity contribution in [2.45, 2.75) is 36.9 Å². The predicted octanol–water partition coefficient (Wildman–Crippen LogP) is 3.87. The minimum Gasteiger partial charge on any atom is -0.379 e. The smallest absolute Gasteiger partial charge is 0.243 e. The molecule has 5 rings (SSSR count). The van der Waals surface area contributed by atoms with Gasteiger partial charge in [0.15, 0.2) is 0 Å². The summed E-state index contributed by atoms with van der Waals surface area (Å²) in [5, 5.41) is 0.714. The van der Waals surface area contributed by atoms with Crippen LogP contribution in [0.2, 0.25) is 5.02 Å². The highest BCUT2D eigenvalue weighted by Gasteiger charge is 2.42. The van der Waals surface area contributed by atoms with Crippen LogP contribution >= 0.6 is 11.6 Å². The van der Waals surface area contributed by atoms with E-state index in [1.54, 1.807) is 6.07 Å². The van der Waals surface area contributed by atoms with Crippen molar-refractivity contribution in [1.29, 1.82) is 0 Å². The number of benzene rings is 2. The molecule has 3 aliphatic rings. The van der Waals surface area contributed by atoms with E-state index in [2.05, 4.69) is 22.8 Å². The first-order valence-corrected chi connectivity index (χ1v) is 12.3. The van der Waals surface area contributed by atoms with Crippen LogP contribution in [-0.4, -0.2) is 51.7 Å². The highest BCUT2D eigenvalue weighted by Crippen LogP contribution is 2.48. The van der Waals surface area contributed by atoms with Gasteiger partial charge in [0.05, 0.1) is 35.5 Å². The lowest BCUT2D eigenvalue weighted by molar-refractivity contribution is 0.0730. The van der Waals surface area contributed by atoms with E-state index in [-0.39, 0.29) is 12.2 Å². The zero-order chi connectivity index (χ0) is 20.9. The van der Waals surface area contributed by atoms with E-state index in [1.807, 2.05) is 30.3 Å². The van der Waals surface area contributed by atoms with E-state index < -0.39 is 10.0 Å². The van der Waals surface area contributed by atoms with E-state index in [0.717, 1.165) is 36.3 Å². The molecular weight excluding hydrogens is 422 g/mol. The Hall–Kier alpha value is -1.80. The molecule has 2 atom stereocenters. The largest absolute Gasteiger partial charge is 0.379 e. The Kier molecular flexibility index (Phi) is 5.17. The van der Waals surface area contributed by atoms with Gasteiger partial charge in [0, 0.05) is 24.7 Å². The molecule has 0 aromatic heterocycles. The highest BCUT2D eigenvalue weighted by molar-refractivity contribution is 7.89. The first kappa shape index (κ1) is 20.1. The molecule has 0 saturated carbocycles. The number of nitrogens with zero attached hydrogens (tertiary/aromatic N) is 3. The van der Waals surface area contributed by atoms with Crippen molar-refractivity contribution >= 4 is 33.0 Å². The van der Waals surface area contributed by atoms with Crippen LogP contribution in [0.25, 0.3) is 0 Å². The highest BCUT2D eigenvalue weighted by atomic mass is 35.5. The molecule has 3 heterocycles. The van der Waals surface area contributed by atoms with Gasteiger partial charge in [-0.3, -0.25) is 0 Å². The first-order valence-electron chi connectivity index (χ1n) is 10.5. The van der Waals surface area contributed by atoms with E-state index in [4.69, 9.17) is 16.3 Å². The van der Waals surface area contributed by atoms with Crippen molar-refractivity contribution in [3.05, 3.63) is 53.1 Å². The summed E-state index contributed by atoms with van der Waals surface area (Å²) < 4.78 is 33.3. The molecule has 2 aromatic rings. The molecule has 2 saturated heterocycles. The van der Waals surface area contributed by atoms with Gasteiger partial charge < -0.3 is 14.5 Å². The Bertz CT molecular complexity index is 1060. The first-order chi connectivity index (χ1) is 14.5. The summed E-state index contributed by atoms with van der Waals surface area (Å²) >= 11 is 6.25. The van der Waals surface area contributed by atoms with Gasteiger partial charge in [-0.25, -0.2) is 8.42 Å². The molecule has 30 heavy (non-hydrogen) atoms. The van der Waals surface area contributed by atoms with Gasteiger partial charge in [0.25, 0.3) is 0 Å². The minimum atomic E-state index is -3.54. The van der Waals surface area contributed by atoms with Gasteiger partial charge in [-0.1, -0.05) is 23.7 Å². The third-order valence-corrected chi connectivity index (χ3v) is 8.56. The van der Waals surface area contributed by atoms with Crippen LogP contribution in [0.15, 0.2) is 47.4 Å². The molecule has 0 spiro atoms. The number of rotatable bonds is 4. The Morgan fingerprint density at radius 2 is 1.87 bits per heavy atom. The second-order valence-electron chi connectivity index (χ2n) is 8.12. The lowest BCUT2D eigenvalue weighted by atomic mass is 10.1. The van der Waals surface area contributed by atoms with Crippen molar-refractivity contribution in [2.75, 3.05) is 42.6 Å². The fourth-order valence-corrected chi connectivity index (χ4v) is 6.55. The molecule has 2 fully saturated rings. The lowest BCUT2D eigenvalue weighted by Crippen LogP contribution is -2.41. The summed E-state index contributed by atoms with van der Waals surface area (Å²) in [6.07, 6.45) is 2.44. The molecule has 0 aliphatic carbocycles. The van der Waals surface area contributed by atoms with Crippen LogP contribution in [-0.2, 0) is 14.8 Å². The molecule has 3 aliphatic heterocycles. The maximum Gasteiger partial charge on any atom is 0.243 e. The predicted molar refractivity (Wildman–Crippen MR) is 119 cm³/mol. The van der Waals surface area contributed by atoms with Crippen LogP contribution in [0.5, 0.6) is 0 Å². The molecule has 0 bridgehead atoms. The Balaban J connectivity index is 1.56. The van der Waals surface area contributed by atoms with Crippen molar-refractivity contribution < 1.29 is 13.2 Å². The third kappa shape index (κ3) is 3.28. The van der Waals surface area contributed by atoms with Crippen LogP contribution < -0.4 is 9.80 Å². The molecule has 2 aromatic carbocycles. The van der Waals surface area contributed by atoms with E-state index in [0.29, 0.717) is 36.2 Å². The third-order valence-electron chi connectivity index (χ3n) is 6.43. The minimum absolute atomic E-state index is 0.0805. The summed E-state index contributed by atoms with van der Waals surface area (Å²) in [5.41, 5.74) is 3.23. The summed E-state index contributed by atoms with van der Waals surface area (Å²) in [6.45, 7) is 4.84. The average Bonchev–Trinajstić information content (AvgIpc) is 3.34. The summed E-state index contributed by atoms with van der Waals surface area (Å²) in [7, 11) is -3.54. The van der Waals surface area contributed by atoms with Crippen LogP contribution in [0.1, 0.15) is 31.4 Å². The van der Waals surface area contributed by atoms with Crippen LogP contribution in [0.4, 0.5) is 11.4 Å². The van der Waals surface area contributed by atoms with E-state index in [1.165, 1.54) is 4.31 Å². The summed E-state index contributed by atoms with van der Waals surface area (Å²) in [6, 6.07) is 13.6. The number of anilines is 2. The second-order valence-corrected chi connectivity index (χ2v) is 10.5. The van der Waals surface area contributed by atoms with Crippen molar-refractivity contribution in [2.24, 2.45) is 0 Å². The van der Waals surface area contributed by atoms with Gasteiger partial charge in [-0.2, -0.15) is 4.31 Å². The molecular formula is C22H26ClN3O3S.